The third-order valence-electron chi connectivity index (χ3n) is 3.81. The lowest BCUT2D eigenvalue weighted by Crippen LogP contribution is -2.50. The molecule has 5 heteroatoms. The van der Waals surface area contributed by atoms with E-state index in [2.05, 4.69) is 28.7 Å². The van der Waals surface area contributed by atoms with Crippen molar-refractivity contribution in [2.45, 2.75) is 46.1 Å². The normalized spacial score (nSPS) is 23.7. The summed E-state index contributed by atoms with van der Waals surface area (Å²) in [5, 5.41) is 0.562. The number of aryl methyl sites for hydroxylation is 1. The average molecular weight is 284 g/mol. The van der Waals surface area contributed by atoms with Crippen molar-refractivity contribution in [3.05, 3.63) is 16.5 Å². The van der Waals surface area contributed by atoms with Crippen LogP contribution in [-0.4, -0.2) is 35.3 Å². The summed E-state index contributed by atoms with van der Waals surface area (Å²) in [5.74, 6) is 1.76. The molecule has 2 rings (SSSR count). The van der Waals surface area contributed by atoms with Crippen LogP contribution in [0.1, 0.15) is 38.6 Å². The van der Waals surface area contributed by atoms with Gasteiger partial charge < -0.3 is 9.64 Å². The minimum Gasteiger partial charge on any atom is -0.372 e. The van der Waals surface area contributed by atoms with Crippen molar-refractivity contribution in [1.82, 2.24) is 9.97 Å². The van der Waals surface area contributed by atoms with Gasteiger partial charge in [-0.25, -0.2) is 9.97 Å². The number of anilines is 1. The van der Waals surface area contributed by atoms with Crippen LogP contribution in [-0.2, 0) is 11.2 Å². The predicted octanol–water partition coefficient (Wildman–Crippen LogP) is 3.01. The van der Waals surface area contributed by atoms with Crippen LogP contribution >= 0.6 is 11.6 Å². The number of nitrogens with zero attached hydrogens (tertiary/aromatic N) is 3. The molecular weight excluding hydrogens is 262 g/mol. The third-order valence-corrected chi connectivity index (χ3v) is 4.18. The standard InChI is InChI=1S/C14H22ClN3O/c1-5-11-16-12(15)10(3)13(17-11)18-7-8-19-14(4,6-2)9-18/h5-9H2,1-4H3. The first-order valence-electron chi connectivity index (χ1n) is 6.91. The Balaban J connectivity index is 2.33. The Labute approximate surface area is 120 Å². The number of hydrogen-bond donors (Lipinski definition) is 0. The van der Waals surface area contributed by atoms with Crippen LogP contribution in [0.3, 0.4) is 0 Å². The lowest BCUT2D eigenvalue weighted by atomic mass is 10.0. The highest BCUT2D eigenvalue weighted by Crippen LogP contribution is 2.29. The van der Waals surface area contributed by atoms with Crippen LogP contribution in [0.15, 0.2) is 0 Å². The number of rotatable bonds is 3. The molecule has 1 aliphatic heterocycles. The van der Waals surface area contributed by atoms with E-state index in [9.17, 15) is 0 Å². The van der Waals surface area contributed by atoms with Crippen molar-refractivity contribution in [3.8, 4) is 0 Å². The smallest absolute Gasteiger partial charge is 0.137 e. The van der Waals surface area contributed by atoms with Gasteiger partial charge in [0, 0.05) is 25.1 Å². The van der Waals surface area contributed by atoms with Crippen LogP contribution in [0.2, 0.25) is 5.15 Å². The molecule has 1 aromatic rings. The molecule has 0 aromatic carbocycles. The van der Waals surface area contributed by atoms with Crippen molar-refractivity contribution in [2.24, 2.45) is 0 Å². The van der Waals surface area contributed by atoms with Crippen molar-refractivity contribution in [2.75, 3.05) is 24.6 Å². The number of morpholine rings is 1. The zero-order valence-electron chi connectivity index (χ0n) is 12.2. The summed E-state index contributed by atoms with van der Waals surface area (Å²) >= 11 is 6.21. The molecule has 0 N–H and O–H groups in total. The second-order valence-corrected chi connectivity index (χ2v) is 5.66. The first-order chi connectivity index (χ1) is 8.99. The molecule has 1 atom stereocenters. The lowest BCUT2D eigenvalue weighted by Gasteiger charge is -2.41. The van der Waals surface area contributed by atoms with Gasteiger partial charge in [0.05, 0.1) is 12.2 Å². The summed E-state index contributed by atoms with van der Waals surface area (Å²) in [6.45, 7) is 10.8. The van der Waals surface area contributed by atoms with E-state index < -0.39 is 0 Å². The molecule has 0 saturated carbocycles. The van der Waals surface area contributed by atoms with Crippen LogP contribution < -0.4 is 4.90 Å². The molecule has 1 aromatic heterocycles. The molecule has 2 heterocycles. The van der Waals surface area contributed by atoms with Gasteiger partial charge in [-0.3, -0.25) is 0 Å². The SMILES string of the molecule is CCc1nc(Cl)c(C)c(N2CCOC(C)(CC)C2)n1. The summed E-state index contributed by atoms with van der Waals surface area (Å²) in [4.78, 5) is 11.2. The predicted molar refractivity (Wildman–Crippen MR) is 78.0 cm³/mol. The van der Waals surface area contributed by atoms with Gasteiger partial charge in [-0.1, -0.05) is 25.4 Å². The van der Waals surface area contributed by atoms with Crippen LogP contribution in [0.4, 0.5) is 5.82 Å². The zero-order valence-corrected chi connectivity index (χ0v) is 12.9. The van der Waals surface area contributed by atoms with Crippen LogP contribution in [0, 0.1) is 6.92 Å². The summed E-state index contributed by atoms with van der Waals surface area (Å²) in [7, 11) is 0. The van der Waals surface area contributed by atoms with Gasteiger partial charge in [0.25, 0.3) is 0 Å². The van der Waals surface area contributed by atoms with Crippen molar-refractivity contribution in [3.63, 3.8) is 0 Å². The first-order valence-corrected chi connectivity index (χ1v) is 7.29. The van der Waals surface area contributed by atoms with E-state index in [1.807, 2.05) is 13.8 Å². The maximum atomic E-state index is 6.21. The zero-order chi connectivity index (χ0) is 14.0. The fraction of sp³-hybridized carbons (Fsp3) is 0.714. The minimum atomic E-state index is -0.103. The van der Waals surface area contributed by atoms with Gasteiger partial charge >= 0.3 is 0 Å². The Morgan fingerprint density at radius 3 is 2.74 bits per heavy atom. The van der Waals surface area contributed by atoms with E-state index in [1.165, 1.54) is 0 Å². The van der Waals surface area contributed by atoms with Gasteiger partial charge in [0.15, 0.2) is 0 Å². The highest BCUT2D eigenvalue weighted by atomic mass is 35.5. The summed E-state index contributed by atoms with van der Waals surface area (Å²) in [6, 6.07) is 0. The van der Waals surface area contributed by atoms with E-state index in [-0.39, 0.29) is 5.60 Å². The molecule has 106 valence electrons. The molecule has 0 amide bonds. The summed E-state index contributed by atoms with van der Waals surface area (Å²) in [6.07, 6.45) is 1.78. The number of halogens is 1. The minimum absolute atomic E-state index is 0.103. The fourth-order valence-electron chi connectivity index (χ4n) is 2.31. The molecule has 1 fully saturated rings. The number of hydrogen-bond acceptors (Lipinski definition) is 4. The average Bonchev–Trinajstić information content (AvgIpc) is 2.41. The van der Waals surface area contributed by atoms with Gasteiger partial charge in [-0.15, -0.1) is 0 Å². The lowest BCUT2D eigenvalue weighted by molar-refractivity contribution is -0.0443. The second-order valence-electron chi connectivity index (χ2n) is 5.31. The quantitative estimate of drug-likeness (QED) is 0.800. The van der Waals surface area contributed by atoms with E-state index in [0.717, 1.165) is 49.7 Å². The van der Waals surface area contributed by atoms with Crippen molar-refractivity contribution < 1.29 is 4.74 Å². The number of ether oxygens (including phenoxy) is 1. The summed E-state index contributed by atoms with van der Waals surface area (Å²) in [5.41, 5.74) is 0.855. The van der Waals surface area contributed by atoms with Gasteiger partial charge in [-0.05, 0) is 20.3 Å². The molecule has 0 aliphatic carbocycles. The van der Waals surface area contributed by atoms with Gasteiger partial charge in [-0.2, -0.15) is 0 Å². The Morgan fingerprint density at radius 2 is 2.11 bits per heavy atom. The molecular formula is C14H22ClN3O. The molecule has 0 radical (unpaired) electrons. The third kappa shape index (κ3) is 3.00. The summed E-state index contributed by atoms with van der Waals surface area (Å²) < 4.78 is 5.87. The Kier molecular flexibility index (Phi) is 4.31. The molecule has 19 heavy (non-hydrogen) atoms. The van der Waals surface area contributed by atoms with E-state index in [0.29, 0.717) is 5.15 Å². The molecule has 1 saturated heterocycles. The Hall–Kier alpha value is -0.870. The maximum absolute atomic E-state index is 6.21. The second kappa shape index (κ2) is 5.63. The molecule has 4 nitrogen and oxygen atoms in total. The highest BCUT2D eigenvalue weighted by molar-refractivity contribution is 6.30. The van der Waals surface area contributed by atoms with Crippen molar-refractivity contribution in [1.29, 1.82) is 0 Å². The largest absolute Gasteiger partial charge is 0.372 e. The maximum Gasteiger partial charge on any atom is 0.137 e. The van der Waals surface area contributed by atoms with E-state index >= 15 is 0 Å². The van der Waals surface area contributed by atoms with E-state index in [1.54, 1.807) is 0 Å². The van der Waals surface area contributed by atoms with E-state index in [4.69, 9.17) is 16.3 Å². The Morgan fingerprint density at radius 1 is 1.37 bits per heavy atom. The number of aromatic nitrogens is 2. The highest BCUT2D eigenvalue weighted by Gasteiger charge is 2.32. The van der Waals surface area contributed by atoms with Crippen LogP contribution in [0.5, 0.6) is 0 Å². The molecule has 0 bridgehead atoms. The fourth-order valence-corrected chi connectivity index (χ4v) is 2.49. The molecule has 1 unspecified atom stereocenters. The van der Waals surface area contributed by atoms with Crippen molar-refractivity contribution >= 4 is 17.4 Å². The Bertz CT molecular complexity index is 466. The topological polar surface area (TPSA) is 38.2 Å². The molecule has 1 aliphatic rings. The first kappa shape index (κ1) is 14.5. The van der Waals surface area contributed by atoms with Crippen LogP contribution in [0.25, 0.3) is 0 Å². The van der Waals surface area contributed by atoms with Gasteiger partial charge in [0.1, 0.15) is 16.8 Å². The monoisotopic (exact) mass is 283 g/mol. The molecule has 0 spiro atoms. The van der Waals surface area contributed by atoms with Gasteiger partial charge in [0.2, 0.25) is 0 Å².